The molecule has 266 valence electrons. The number of pyridine rings is 1. The first kappa shape index (κ1) is 34.7. The van der Waals surface area contributed by atoms with E-state index in [1.165, 1.54) is 10.5 Å². The molecule has 2 heterocycles. The molecule has 3 aliphatic rings. The fraction of sp³-hybridized carbons (Fsp3) is 0.250. The van der Waals surface area contributed by atoms with E-state index < -0.39 is 12.1 Å². The van der Waals surface area contributed by atoms with Crippen LogP contribution in [0.2, 0.25) is 0 Å². The van der Waals surface area contributed by atoms with Gasteiger partial charge in [-0.05, 0) is 104 Å². The summed E-state index contributed by atoms with van der Waals surface area (Å²) in [7, 11) is 0. The molecule has 2 bridgehead atoms. The summed E-state index contributed by atoms with van der Waals surface area (Å²) < 4.78 is 12.5. The Kier molecular flexibility index (Phi) is 9.06. The van der Waals surface area contributed by atoms with Crippen LogP contribution in [0.1, 0.15) is 59.0 Å². The maximum Gasteiger partial charge on any atom is 0.339 e. The highest BCUT2D eigenvalue weighted by molar-refractivity contribution is 9.10. The molecule has 9 heteroatoms. The minimum atomic E-state index is -1.06. The Morgan fingerprint density at radius 1 is 0.925 bits per heavy atom. The second-order valence-electron chi connectivity index (χ2n) is 14.1. The van der Waals surface area contributed by atoms with Gasteiger partial charge in [0.25, 0.3) is 0 Å². The van der Waals surface area contributed by atoms with Crippen molar-refractivity contribution in [3.05, 3.63) is 135 Å². The number of esters is 1. The summed E-state index contributed by atoms with van der Waals surface area (Å²) in [6.45, 7) is 6.04. The van der Waals surface area contributed by atoms with Crippen LogP contribution < -0.4 is 9.64 Å². The number of carbonyl (C=O) groups excluding carboxylic acids is 4. The molecule has 1 saturated carbocycles. The van der Waals surface area contributed by atoms with Gasteiger partial charge in [-0.1, -0.05) is 77.0 Å². The Hall–Kier alpha value is -5.41. The number of carbonyl (C=O) groups is 4. The van der Waals surface area contributed by atoms with Gasteiger partial charge in [0.05, 0.1) is 34.3 Å². The average molecular weight is 770 g/mol. The van der Waals surface area contributed by atoms with Crippen LogP contribution in [0.3, 0.4) is 0 Å². The van der Waals surface area contributed by atoms with E-state index in [2.05, 4.69) is 28.9 Å². The highest BCUT2D eigenvalue weighted by Crippen LogP contribution is 2.56. The van der Waals surface area contributed by atoms with E-state index in [0.717, 1.165) is 22.0 Å². The summed E-state index contributed by atoms with van der Waals surface area (Å²) in [6.07, 6.45) is 2.65. The van der Waals surface area contributed by atoms with Gasteiger partial charge < -0.3 is 9.47 Å². The van der Waals surface area contributed by atoms with Crippen molar-refractivity contribution in [2.45, 2.75) is 46.3 Å². The number of anilines is 1. The van der Waals surface area contributed by atoms with E-state index in [9.17, 15) is 19.2 Å². The van der Waals surface area contributed by atoms with Crippen LogP contribution in [-0.4, -0.2) is 34.7 Å². The molecule has 5 unspecified atom stereocenters. The molecule has 1 saturated heterocycles. The minimum Gasteiger partial charge on any atom is -0.489 e. The third-order valence-corrected chi connectivity index (χ3v) is 11.4. The fourth-order valence-corrected chi connectivity index (χ4v) is 8.73. The molecule has 4 aromatic carbocycles. The molecule has 53 heavy (non-hydrogen) atoms. The molecule has 0 spiro atoms. The summed E-state index contributed by atoms with van der Waals surface area (Å²) in [5, 5.41) is 0.597. The van der Waals surface area contributed by atoms with Crippen LogP contribution in [0.5, 0.6) is 5.75 Å². The smallest absolute Gasteiger partial charge is 0.339 e. The minimum absolute atomic E-state index is 0.127. The number of aryl methyl sites for hydroxylation is 1. The number of benzene rings is 4. The van der Waals surface area contributed by atoms with Gasteiger partial charge in [0.2, 0.25) is 17.6 Å². The number of hydrogen-bond acceptors (Lipinski definition) is 7. The van der Waals surface area contributed by atoms with Gasteiger partial charge in [-0.15, -0.1) is 0 Å². The largest absolute Gasteiger partial charge is 0.489 e. The van der Waals surface area contributed by atoms with Crippen molar-refractivity contribution in [2.75, 3.05) is 4.90 Å². The molecule has 0 N–H and O–H groups in total. The number of allylic oxidation sites excluding steroid dienone is 2. The highest BCUT2D eigenvalue weighted by Gasteiger charge is 2.60. The van der Waals surface area contributed by atoms with Gasteiger partial charge in [-0.25, -0.2) is 9.78 Å². The maximum atomic E-state index is 13.9. The number of rotatable bonds is 10. The summed E-state index contributed by atoms with van der Waals surface area (Å²) in [5.41, 5.74) is 6.23. The number of amides is 2. The molecule has 2 fully saturated rings. The Labute approximate surface area is 316 Å². The lowest BCUT2D eigenvalue weighted by molar-refractivity contribution is -0.123. The molecule has 0 radical (unpaired) electrons. The number of halogens is 1. The van der Waals surface area contributed by atoms with E-state index in [1.807, 2.05) is 61.5 Å². The molecule has 8 rings (SSSR count). The number of fused-ring (bicyclic) bond motifs is 6. The number of imide groups is 1. The zero-order chi connectivity index (χ0) is 37.0. The third-order valence-electron chi connectivity index (χ3n) is 10.9. The van der Waals surface area contributed by atoms with Crippen LogP contribution in [0.4, 0.5) is 5.69 Å². The topological polar surface area (TPSA) is 103 Å². The predicted octanol–water partition coefficient (Wildman–Crippen LogP) is 8.94. The standard InChI is InChI=1S/C44H37BrN2O6/c1-4-27-19-31(45)21-35-36(44(51)53-25(3)41(48)29-12-16-33(17-13-29)52-23-26-8-6-5-7-9-26)22-37(46-40(27)35)28-10-14-32(15-11-28)47-42(49)38-30-18-24(2)34(20-30)39(38)43(47)50/h5-19,21-22,25,30,34,38-39H,4,20,23H2,1-3H3. The van der Waals surface area contributed by atoms with Crippen LogP contribution >= 0.6 is 15.9 Å². The number of ketones is 1. The molecule has 2 aliphatic carbocycles. The summed E-state index contributed by atoms with van der Waals surface area (Å²) in [6, 6.07) is 29.2. The van der Waals surface area contributed by atoms with E-state index in [4.69, 9.17) is 14.5 Å². The van der Waals surface area contributed by atoms with E-state index in [1.54, 1.807) is 49.4 Å². The van der Waals surface area contributed by atoms with E-state index in [-0.39, 0.29) is 46.8 Å². The van der Waals surface area contributed by atoms with Crippen molar-refractivity contribution in [3.8, 4) is 17.0 Å². The molecule has 5 atom stereocenters. The normalized spacial score (nSPS) is 20.8. The number of ether oxygens (including phenoxy) is 2. The van der Waals surface area contributed by atoms with Crippen molar-refractivity contribution < 1.29 is 28.7 Å². The number of aromatic nitrogens is 1. The van der Waals surface area contributed by atoms with Gasteiger partial charge in [0.15, 0.2) is 6.10 Å². The highest BCUT2D eigenvalue weighted by atomic mass is 79.9. The Balaban J connectivity index is 1.03. The first-order chi connectivity index (χ1) is 25.6. The van der Waals surface area contributed by atoms with Crippen LogP contribution in [0.15, 0.2) is 113 Å². The lowest BCUT2D eigenvalue weighted by Gasteiger charge is -2.19. The maximum absolute atomic E-state index is 13.9. The summed E-state index contributed by atoms with van der Waals surface area (Å²) in [4.78, 5) is 60.7. The van der Waals surface area contributed by atoms with Crippen LogP contribution in [-0.2, 0) is 27.4 Å². The second-order valence-corrected chi connectivity index (χ2v) is 15.0. The van der Waals surface area contributed by atoms with Crippen molar-refractivity contribution >= 4 is 56.1 Å². The molecule has 1 aromatic heterocycles. The molecule has 5 aromatic rings. The Morgan fingerprint density at radius 2 is 1.64 bits per heavy atom. The summed E-state index contributed by atoms with van der Waals surface area (Å²) in [5.74, 6) is -0.939. The SMILES string of the molecule is CCc1cc(Br)cc2c(C(=O)OC(C)C(=O)c3ccc(OCc4ccccc4)cc3)cc(-c3ccc(N4C(=O)C5C6C=C(C)C(C6)C5C4=O)cc3)nc12. The molecule has 1 aliphatic heterocycles. The van der Waals surface area contributed by atoms with Gasteiger partial charge in [0, 0.05) is 21.0 Å². The van der Waals surface area contributed by atoms with Crippen molar-refractivity contribution in [3.63, 3.8) is 0 Å². The fourth-order valence-electron chi connectivity index (χ4n) is 8.23. The van der Waals surface area contributed by atoms with E-state index >= 15 is 0 Å². The Bertz CT molecular complexity index is 2320. The molecule has 8 nitrogen and oxygen atoms in total. The van der Waals surface area contributed by atoms with Crippen molar-refractivity contribution in [1.82, 2.24) is 4.98 Å². The lowest BCUT2D eigenvalue weighted by atomic mass is 9.82. The first-order valence-corrected chi connectivity index (χ1v) is 18.7. The third kappa shape index (κ3) is 6.27. The number of Topliss-reactive ketones (excluding diaryl/α,β-unsaturated/α-hetero) is 1. The molecular formula is C44H37BrN2O6. The first-order valence-electron chi connectivity index (χ1n) is 17.9. The monoisotopic (exact) mass is 768 g/mol. The van der Waals surface area contributed by atoms with E-state index in [0.29, 0.717) is 52.2 Å². The summed E-state index contributed by atoms with van der Waals surface area (Å²) >= 11 is 3.58. The second kappa shape index (κ2) is 13.9. The Morgan fingerprint density at radius 3 is 2.36 bits per heavy atom. The van der Waals surface area contributed by atoms with Gasteiger partial charge in [-0.2, -0.15) is 0 Å². The number of hydrogen-bond donors (Lipinski definition) is 0. The quantitative estimate of drug-likeness (QED) is 0.0605. The lowest BCUT2D eigenvalue weighted by Crippen LogP contribution is -2.32. The predicted molar refractivity (Wildman–Crippen MR) is 206 cm³/mol. The average Bonchev–Trinajstić information content (AvgIpc) is 3.82. The van der Waals surface area contributed by atoms with Crippen LogP contribution in [0, 0.1) is 23.7 Å². The molecule has 2 amide bonds. The van der Waals surface area contributed by atoms with Crippen molar-refractivity contribution in [1.29, 1.82) is 0 Å². The number of nitrogens with zero attached hydrogens (tertiary/aromatic N) is 2. The van der Waals surface area contributed by atoms with Gasteiger partial charge in [0.1, 0.15) is 12.4 Å². The zero-order valence-corrected chi connectivity index (χ0v) is 31.1. The van der Waals surface area contributed by atoms with Crippen molar-refractivity contribution in [2.24, 2.45) is 23.7 Å². The van der Waals surface area contributed by atoms with Gasteiger partial charge in [-0.3, -0.25) is 19.3 Å². The molecular weight excluding hydrogens is 732 g/mol. The van der Waals surface area contributed by atoms with Gasteiger partial charge >= 0.3 is 5.97 Å². The van der Waals surface area contributed by atoms with Crippen LogP contribution in [0.25, 0.3) is 22.2 Å². The zero-order valence-electron chi connectivity index (χ0n) is 29.5.